The predicted molar refractivity (Wildman–Crippen MR) is 233 cm³/mol. The number of rotatable bonds is 5. The third-order valence-electron chi connectivity index (χ3n) is 10.7. The summed E-state index contributed by atoms with van der Waals surface area (Å²) in [6.07, 6.45) is 0. The minimum absolute atomic E-state index is 1.12. The van der Waals surface area contributed by atoms with Gasteiger partial charge in [0, 0.05) is 62.8 Å². The van der Waals surface area contributed by atoms with Crippen LogP contribution < -0.4 is 4.90 Å². The van der Waals surface area contributed by atoms with E-state index in [1.165, 1.54) is 84.1 Å². The highest BCUT2D eigenvalue weighted by atomic mass is 32.1. The van der Waals surface area contributed by atoms with Crippen molar-refractivity contribution < 1.29 is 0 Å². The van der Waals surface area contributed by atoms with E-state index in [0.717, 1.165) is 17.1 Å². The molecular formula is C50H31NS2. The second-order valence-electron chi connectivity index (χ2n) is 13.7. The summed E-state index contributed by atoms with van der Waals surface area (Å²) in [5.41, 5.74) is 8.34. The minimum Gasteiger partial charge on any atom is -0.310 e. The van der Waals surface area contributed by atoms with Gasteiger partial charge in [-0.25, -0.2) is 0 Å². The van der Waals surface area contributed by atoms with Crippen LogP contribution in [0.2, 0.25) is 0 Å². The van der Waals surface area contributed by atoms with Crippen molar-refractivity contribution in [2.24, 2.45) is 0 Å². The molecule has 2 heterocycles. The van der Waals surface area contributed by atoms with Crippen LogP contribution in [-0.2, 0) is 0 Å². The topological polar surface area (TPSA) is 3.24 Å². The maximum Gasteiger partial charge on any atom is 0.0476 e. The van der Waals surface area contributed by atoms with Crippen molar-refractivity contribution in [3.8, 4) is 22.3 Å². The van der Waals surface area contributed by atoms with Crippen molar-refractivity contribution in [3.63, 3.8) is 0 Å². The molecule has 1 nitrogen and oxygen atoms in total. The van der Waals surface area contributed by atoms with Crippen molar-refractivity contribution in [2.75, 3.05) is 4.90 Å². The molecule has 248 valence electrons. The predicted octanol–water partition coefficient (Wildman–Crippen LogP) is 15.5. The van der Waals surface area contributed by atoms with E-state index in [-0.39, 0.29) is 0 Å². The van der Waals surface area contributed by atoms with Crippen molar-refractivity contribution >= 4 is 102 Å². The number of fused-ring (bicyclic) bond motifs is 9. The Balaban J connectivity index is 1.05. The molecule has 0 atom stereocenters. The highest BCUT2D eigenvalue weighted by Crippen LogP contribution is 2.44. The van der Waals surface area contributed by atoms with Crippen molar-refractivity contribution in [2.45, 2.75) is 0 Å². The zero-order chi connectivity index (χ0) is 34.9. The molecule has 11 aromatic rings. The molecular weight excluding hydrogens is 679 g/mol. The summed E-state index contributed by atoms with van der Waals surface area (Å²) in [6, 6.07) is 69.1. The summed E-state index contributed by atoms with van der Waals surface area (Å²) >= 11 is 3.76. The number of anilines is 3. The Morgan fingerprint density at radius 3 is 1.60 bits per heavy atom. The van der Waals surface area contributed by atoms with Crippen LogP contribution >= 0.6 is 22.7 Å². The molecule has 0 bridgehead atoms. The summed E-state index contributed by atoms with van der Waals surface area (Å²) in [7, 11) is 0. The van der Waals surface area contributed by atoms with E-state index < -0.39 is 0 Å². The van der Waals surface area contributed by atoms with E-state index in [0.29, 0.717) is 0 Å². The summed E-state index contributed by atoms with van der Waals surface area (Å²) in [5.74, 6) is 0. The Bertz CT molecular complexity index is 3160. The lowest BCUT2D eigenvalue weighted by Crippen LogP contribution is -2.09. The van der Waals surface area contributed by atoms with Crippen LogP contribution in [0.15, 0.2) is 188 Å². The molecule has 0 spiro atoms. The van der Waals surface area contributed by atoms with Crippen molar-refractivity contribution in [1.29, 1.82) is 0 Å². The van der Waals surface area contributed by atoms with Crippen LogP contribution in [0.1, 0.15) is 0 Å². The molecule has 2 aromatic heterocycles. The lowest BCUT2D eigenvalue weighted by atomic mass is 9.96. The molecule has 9 aromatic carbocycles. The lowest BCUT2D eigenvalue weighted by molar-refractivity contribution is 1.29. The fourth-order valence-electron chi connectivity index (χ4n) is 8.15. The Morgan fingerprint density at radius 2 is 0.849 bits per heavy atom. The standard InChI is InChI=1S/C50H31NS2/c1-2-12-39-32(9-1)10-7-15-40(39)33-19-24-36(25-20-33)51(38-28-30-44-42-13-3-5-17-46(42)52-48(44)31-38)37-26-21-34(22-27-37)41-16-8-11-35-23-29-45-43-14-4-6-18-47(43)53-50(45)49(35)41/h1-31H. The monoisotopic (exact) mass is 709 g/mol. The van der Waals surface area contributed by atoms with Gasteiger partial charge in [0.15, 0.2) is 0 Å². The van der Waals surface area contributed by atoms with Crippen LogP contribution in [0.25, 0.3) is 84.1 Å². The number of nitrogens with zero attached hydrogens (tertiary/aromatic N) is 1. The van der Waals surface area contributed by atoms with Crippen LogP contribution in [0.5, 0.6) is 0 Å². The molecule has 0 amide bonds. The molecule has 0 aliphatic carbocycles. The largest absolute Gasteiger partial charge is 0.310 e. The van der Waals surface area contributed by atoms with E-state index in [4.69, 9.17) is 0 Å². The van der Waals surface area contributed by atoms with Crippen LogP contribution in [0.4, 0.5) is 17.1 Å². The molecule has 0 saturated carbocycles. The molecule has 3 heteroatoms. The van der Waals surface area contributed by atoms with Crippen LogP contribution in [0, 0.1) is 0 Å². The van der Waals surface area contributed by atoms with Gasteiger partial charge in [-0.15, -0.1) is 22.7 Å². The highest BCUT2D eigenvalue weighted by Gasteiger charge is 2.17. The number of hydrogen-bond acceptors (Lipinski definition) is 3. The minimum atomic E-state index is 1.12. The molecule has 0 unspecified atom stereocenters. The summed E-state index contributed by atoms with van der Waals surface area (Å²) in [4.78, 5) is 2.40. The van der Waals surface area contributed by atoms with Crippen LogP contribution in [-0.4, -0.2) is 0 Å². The van der Waals surface area contributed by atoms with Gasteiger partial charge in [0.1, 0.15) is 0 Å². The molecule has 0 aliphatic rings. The number of thiophene rings is 2. The fraction of sp³-hybridized carbons (Fsp3) is 0. The number of hydrogen-bond donors (Lipinski definition) is 0. The zero-order valence-corrected chi connectivity index (χ0v) is 30.3. The van der Waals surface area contributed by atoms with Gasteiger partial charge >= 0.3 is 0 Å². The first kappa shape index (κ1) is 30.4. The van der Waals surface area contributed by atoms with Gasteiger partial charge in [-0.1, -0.05) is 140 Å². The van der Waals surface area contributed by atoms with Gasteiger partial charge < -0.3 is 4.90 Å². The van der Waals surface area contributed by atoms with Gasteiger partial charge in [-0.2, -0.15) is 0 Å². The normalized spacial score (nSPS) is 11.8. The Morgan fingerprint density at radius 1 is 0.321 bits per heavy atom. The molecule has 11 rings (SSSR count). The third-order valence-corrected chi connectivity index (χ3v) is 13.0. The smallest absolute Gasteiger partial charge is 0.0476 e. The van der Waals surface area contributed by atoms with Crippen LogP contribution in [0.3, 0.4) is 0 Å². The average molecular weight is 710 g/mol. The number of benzene rings is 9. The first-order valence-corrected chi connectivity index (χ1v) is 19.6. The van der Waals surface area contributed by atoms with Gasteiger partial charge in [0.25, 0.3) is 0 Å². The summed E-state index contributed by atoms with van der Waals surface area (Å²) in [5, 5.41) is 10.4. The van der Waals surface area contributed by atoms with E-state index in [9.17, 15) is 0 Å². The zero-order valence-electron chi connectivity index (χ0n) is 28.7. The molecule has 53 heavy (non-hydrogen) atoms. The van der Waals surface area contributed by atoms with Crippen molar-refractivity contribution in [1.82, 2.24) is 0 Å². The summed E-state index contributed by atoms with van der Waals surface area (Å²) < 4.78 is 5.30. The van der Waals surface area contributed by atoms with Gasteiger partial charge in [-0.05, 0) is 86.9 Å². The van der Waals surface area contributed by atoms with E-state index >= 15 is 0 Å². The Labute approximate surface area is 315 Å². The van der Waals surface area contributed by atoms with Gasteiger partial charge in [0.05, 0.1) is 0 Å². The first-order chi connectivity index (χ1) is 26.3. The first-order valence-electron chi connectivity index (χ1n) is 18.0. The SMILES string of the molecule is c1ccc2c(-c3ccc(N(c4ccc(-c5cccc6ccc7c8ccccc8sc7c56)cc4)c4ccc5c(c4)sc4ccccc45)cc3)cccc2c1. The highest BCUT2D eigenvalue weighted by molar-refractivity contribution is 7.27. The van der Waals surface area contributed by atoms with Crippen molar-refractivity contribution in [3.05, 3.63) is 188 Å². The maximum atomic E-state index is 2.40. The maximum absolute atomic E-state index is 2.40. The second kappa shape index (κ2) is 12.2. The lowest BCUT2D eigenvalue weighted by Gasteiger charge is -2.26. The average Bonchev–Trinajstić information content (AvgIpc) is 3.79. The molecule has 0 saturated heterocycles. The molecule has 0 fully saturated rings. The Kier molecular flexibility index (Phi) is 6.97. The van der Waals surface area contributed by atoms with E-state index in [1.807, 2.05) is 22.7 Å². The van der Waals surface area contributed by atoms with E-state index in [2.05, 4.69) is 193 Å². The second-order valence-corrected chi connectivity index (χ2v) is 15.8. The van der Waals surface area contributed by atoms with E-state index in [1.54, 1.807) is 0 Å². The quantitative estimate of drug-likeness (QED) is 0.172. The van der Waals surface area contributed by atoms with Gasteiger partial charge in [-0.3, -0.25) is 0 Å². The fourth-order valence-corrected chi connectivity index (χ4v) is 10.6. The Hall–Kier alpha value is -6.26. The summed E-state index contributed by atoms with van der Waals surface area (Å²) in [6.45, 7) is 0. The molecule has 0 radical (unpaired) electrons. The molecule has 0 aliphatic heterocycles. The van der Waals surface area contributed by atoms with Gasteiger partial charge in [0.2, 0.25) is 0 Å². The third kappa shape index (κ3) is 4.97. The molecule has 0 N–H and O–H groups in total.